The van der Waals surface area contributed by atoms with Crippen molar-refractivity contribution in [1.29, 1.82) is 0 Å². The number of para-hydroxylation sites is 1. The lowest BCUT2D eigenvalue weighted by Gasteiger charge is -2.30. The third-order valence-corrected chi connectivity index (χ3v) is 6.13. The first-order valence-corrected chi connectivity index (χ1v) is 10.7. The minimum atomic E-state index is -0.0592. The lowest BCUT2D eigenvalue weighted by atomic mass is 9.96. The Bertz CT molecular complexity index is 948. The van der Waals surface area contributed by atoms with Gasteiger partial charge in [0.25, 0.3) is 0 Å². The summed E-state index contributed by atoms with van der Waals surface area (Å²) in [5, 5.41) is 6.56. The number of amides is 2. The summed E-state index contributed by atoms with van der Waals surface area (Å²) < 4.78 is 1.06. The molecule has 0 spiro atoms. The quantitative estimate of drug-likeness (QED) is 0.657. The number of benzene rings is 2. The zero-order chi connectivity index (χ0) is 20.1. The van der Waals surface area contributed by atoms with E-state index >= 15 is 0 Å². The van der Waals surface area contributed by atoms with E-state index in [0.717, 1.165) is 41.7 Å². The van der Waals surface area contributed by atoms with Crippen LogP contribution in [0.4, 0.5) is 5.13 Å². The highest BCUT2D eigenvalue weighted by molar-refractivity contribution is 7.22. The second-order valence-corrected chi connectivity index (χ2v) is 8.32. The molecule has 0 radical (unpaired) electrons. The normalized spacial score (nSPS) is 15.3. The third-order valence-electron chi connectivity index (χ3n) is 5.18. The van der Waals surface area contributed by atoms with Crippen LogP contribution in [0.25, 0.3) is 10.2 Å². The second-order valence-electron chi connectivity index (χ2n) is 7.29. The van der Waals surface area contributed by atoms with Crippen LogP contribution in [-0.4, -0.2) is 41.3 Å². The Balaban J connectivity index is 1.21. The molecule has 2 heterocycles. The van der Waals surface area contributed by atoms with Crippen LogP contribution >= 0.6 is 11.3 Å². The van der Waals surface area contributed by atoms with Crippen LogP contribution in [0.3, 0.4) is 0 Å². The fraction of sp³-hybridized carbons (Fsp3) is 0.318. The average Bonchev–Trinajstić information content (AvgIpc) is 3.15. The van der Waals surface area contributed by atoms with Crippen LogP contribution in [0.1, 0.15) is 18.4 Å². The van der Waals surface area contributed by atoms with Crippen LogP contribution in [-0.2, 0) is 16.1 Å². The van der Waals surface area contributed by atoms with Crippen LogP contribution in [0.2, 0.25) is 0 Å². The predicted octanol–water partition coefficient (Wildman–Crippen LogP) is 3.26. The van der Waals surface area contributed by atoms with Gasteiger partial charge in [-0.15, -0.1) is 0 Å². The number of aromatic nitrogens is 1. The molecule has 1 saturated heterocycles. The number of piperidine rings is 1. The zero-order valence-corrected chi connectivity index (χ0v) is 17.0. The molecule has 0 atom stereocenters. The summed E-state index contributed by atoms with van der Waals surface area (Å²) >= 11 is 1.48. The average molecular weight is 409 g/mol. The molecule has 1 aromatic heterocycles. The van der Waals surface area contributed by atoms with E-state index < -0.39 is 0 Å². The van der Waals surface area contributed by atoms with Crippen molar-refractivity contribution in [1.82, 2.24) is 15.2 Å². The van der Waals surface area contributed by atoms with Gasteiger partial charge in [-0.1, -0.05) is 53.8 Å². The number of nitrogens with zero attached hydrogens (tertiary/aromatic N) is 2. The van der Waals surface area contributed by atoms with Crippen LogP contribution in [0.5, 0.6) is 0 Å². The van der Waals surface area contributed by atoms with Gasteiger partial charge in [0.2, 0.25) is 11.8 Å². The van der Waals surface area contributed by atoms with Crippen molar-refractivity contribution in [2.45, 2.75) is 19.4 Å². The Labute approximate surface area is 173 Å². The topological polar surface area (TPSA) is 74.3 Å². The third kappa shape index (κ3) is 5.19. The molecule has 150 valence electrons. The molecular formula is C22H24N4O2S. The summed E-state index contributed by atoms with van der Waals surface area (Å²) in [6.07, 6.45) is 1.55. The smallest absolute Gasteiger partial charge is 0.240 e. The monoisotopic (exact) mass is 408 g/mol. The summed E-state index contributed by atoms with van der Waals surface area (Å²) in [7, 11) is 0. The van der Waals surface area contributed by atoms with Crippen LogP contribution in [0.15, 0.2) is 54.6 Å². The van der Waals surface area contributed by atoms with Gasteiger partial charge < -0.3 is 10.6 Å². The Morgan fingerprint density at radius 1 is 1.03 bits per heavy atom. The van der Waals surface area contributed by atoms with E-state index in [1.165, 1.54) is 11.3 Å². The van der Waals surface area contributed by atoms with Crippen molar-refractivity contribution >= 4 is 38.5 Å². The van der Waals surface area contributed by atoms with Gasteiger partial charge in [-0.25, -0.2) is 4.98 Å². The fourth-order valence-electron chi connectivity index (χ4n) is 3.57. The maximum atomic E-state index is 12.4. The number of nitrogens with one attached hydrogen (secondary N) is 2. The molecule has 2 aromatic carbocycles. The SMILES string of the molecule is O=C(CN1CCC(C(=O)NCc2ccccc2)CC1)Nc1nc2ccccc2s1. The standard InChI is InChI=1S/C22H24N4O2S/c27-20(25-22-24-18-8-4-5-9-19(18)29-22)15-26-12-10-17(11-13-26)21(28)23-14-16-6-2-1-3-7-16/h1-9,17H,10-15H2,(H,23,28)(H,24,25,27). The number of hydrogen-bond acceptors (Lipinski definition) is 5. The van der Waals surface area contributed by atoms with Crippen LogP contribution < -0.4 is 10.6 Å². The van der Waals surface area contributed by atoms with Crippen molar-refractivity contribution < 1.29 is 9.59 Å². The Hall–Kier alpha value is -2.77. The first-order chi connectivity index (χ1) is 14.2. The molecule has 2 N–H and O–H groups in total. The van der Waals surface area contributed by atoms with E-state index in [9.17, 15) is 9.59 Å². The molecule has 1 aliphatic rings. The van der Waals surface area contributed by atoms with Crippen LogP contribution in [0, 0.1) is 5.92 Å². The lowest BCUT2D eigenvalue weighted by Crippen LogP contribution is -2.43. The molecule has 6 nitrogen and oxygen atoms in total. The van der Waals surface area contributed by atoms with Crippen molar-refractivity contribution in [3.8, 4) is 0 Å². The first-order valence-electron chi connectivity index (χ1n) is 9.87. The van der Waals surface area contributed by atoms with E-state index in [0.29, 0.717) is 18.2 Å². The predicted molar refractivity (Wildman–Crippen MR) is 116 cm³/mol. The van der Waals surface area contributed by atoms with E-state index in [2.05, 4.69) is 20.5 Å². The molecule has 0 unspecified atom stereocenters. The number of fused-ring (bicyclic) bond motifs is 1. The summed E-state index contributed by atoms with van der Waals surface area (Å²) in [5.74, 6) is 0.0609. The largest absolute Gasteiger partial charge is 0.352 e. The van der Waals surface area contributed by atoms with Crippen molar-refractivity contribution in [3.63, 3.8) is 0 Å². The first kappa shape index (κ1) is 19.5. The maximum Gasteiger partial charge on any atom is 0.240 e. The molecule has 0 saturated carbocycles. The highest BCUT2D eigenvalue weighted by Gasteiger charge is 2.25. The number of carbonyl (C=O) groups is 2. The second kappa shape index (κ2) is 9.15. The molecule has 2 amide bonds. The highest BCUT2D eigenvalue weighted by Crippen LogP contribution is 2.25. The number of anilines is 1. The summed E-state index contributed by atoms with van der Waals surface area (Å²) in [4.78, 5) is 31.3. The number of carbonyl (C=O) groups excluding carboxylic acids is 2. The zero-order valence-electron chi connectivity index (χ0n) is 16.1. The number of hydrogen-bond donors (Lipinski definition) is 2. The number of rotatable bonds is 6. The summed E-state index contributed by atoms with van der Waals surface area (Å²) in [6, 6.07) is 17.8. The van der Waals surface area contributed by atoms with Crippen molar-refractivity contribution in [2.75, 3.05) is 25.0 Å². The van der Waals surface area contributed by atoms with Gasteiger partial charge in [-0.3, -0.25) is 14.5 Å². The molecular weight excluding hydrogens is 384 g/mol. The van der Waals surface area contributed by atoms with Crippen molar-refractivity contribution in [2.24, 2.45) is 5.92 Å². The molecule has 4 rings (SSSR count). The fourth-order valence-corrected chi connectivity index (χ4v) is 4.45. The molecule has 0 aliphatic carbocycles. The Kier molecular flexibility index (Phi) is 6.17. The van der Waals surface area contributed by atoms with Gasteiger partial charge in [-0.2, -0.15) is 0 Å². The minimum absolute atomic E-state index is 0.0160. The summed E-state index contributed by atoms with van der Waals surface area (Å²) in [5.41, 5.74) is 2.00. The summed E-state index contributed by atoms with van der Waals surface area (Å²) in [6.45, 7) is 2.38. The lowest BCUT2D eigenvalue weighted by molar-refractivity contribution is -0.126. The Morgan fingerprint density at radius 3 is 2.52 bits per heavy atom. The van der Waals surface area contributed by atoms with E-state index in [1.54, 1.807) is 0 Å². The van der Waals surface area contributed by atoms with Gasteiger partial charge in [0.05, 0.1) is 16.8 Å². The Morgan fingerprint density at radius 2 is 1.76 bits per heavy atom. The molecule has 29 heavy (non-hydrogen) atoms. The number of thiazole rings is 1. The van der Waals surface area contributed by atoms with Gasteiger partial charge >= 0.3 is 0 Å². The molecule has 1 fully saturated rings. The number of likely N-dealkylation sites (tertiary alicyclic amines) is 1. The minimum Gasteiger partial charge on any atom is -0.352 e. The van der Waals surface area contributed by atoms with E-state index in [4.69, 9.17) is 0 Å². The van der Waals surface area contributed by atoms with Gasteiger partial charge in [0, 0.05) is 12.5 Å². The van der Waals surface area contributed by atoms with Crippen molar-refractivity contribution in [3.05, 3.63) is 60.2 Å². The molecule has 7 heteroatoms. The maximum absolute atomic E-state index is 12.4. The van der Waals surface area contributed by atoms with Gasteiger partial charge in [0.15, 0.2) is 5.13 Å². The molecule has 3 aromatic rings. The molecule has 1 aliphatic heterocycles. The van der Waals surface area contributed by atoms with Gasteiger partial charge in [0.1, 0.15) is 0 Å². The van der Waals surface area contributed by atoms with E-state index in [1.807, 2.05) is 54.6 Å². The van der Waals surface area contributed by atoms with Gasteiger partial charge in [-0.05, 0) is 43.6 Å². The van der Waals surface area contributed by atoms with E-state index in [-0.39, 0.29) is 17.7 Å². The molecule has 0 bridgehead atoms. The highest BCUT2D eigenvalue weighted by atomic mass is 32.1.